The van der Waals surface area contributed by atoms with Crippen molar-refractivity contribution in [3.8, 4) is 0 Å². The van der Waals surface area contributed by atoms with Crippen molar-refractivity contribution in [2.45, 2.75) is 68.7 Å². The Labute approximate surface area is 217 Å². The summed E-state index contributed by atoms with van der Waals surface area (Å²) in [5, 5.41) is 47.5. The molecule has 13 atom stereocenters. The first-order valence-electron chi connectivity index (χ1n) is 14.0. The molecule has 0 aromatic heterocycles. The van der Waals surface area contributed by atoms with Crippen LogP contribution in [-0.4, -0.2) is 94.2 Å². The summed E-state index contributed by atoms with van der Waals surface area (Å²) >= 11 is 0. The van der Waals surface area contributed by atoms with E-state index in [9.17, 15) is 25.2 Å². The second kappa shape index (κ2) is 7.99. The van der Waals surface area contributed by atoms with Crippen LogP contribution in [0.4, 0.5) is 0 Å². The third-order valence-corrected chi connectivity index (χ3v) is 12.0. The molecule has 1 heterocycles. The second-order valence-corrected chi connectivity index (χ2v) is 12.8. The smallest absolute Gasteiger partial charge is 0.338 e. The standard InChI is InChI=1S/C29H39NO7/c1-3-30-13-27(14-31)10-9-19(32)29-17-11-16-18(36-2)12-28(35,21(25(29)30)22(33)24(27)29)20(17)23(16)37-26(34)15-7-5-4-6-8-15/h4-8,16-25,31-33,35H,3,9-14H2,1-2H3/t16-,17-,18?,19?,20-,21?,22?,23?,24-,25?,27+,28-,29+/m1/s1. The first kappa shape index (κ1) is 24.5. The van der Waals surface area contributed by atoms with Gasteiger partial charge in [-0.1, -0.05) is 25.1 Å². The molecule has 7 rings (SSSR count). The van der Waals surface area contributed by atoms with Crippen LogP contribution in [0.25, 0.3) is 0 Å². The van der Waals surface area contributed by atoms with E-state index in [1.54, 1.807) is 31.4 Å². The molecule has 1 aromatic rings. The van der Waals surface area contributed by atoms with Gasteiger partial charge in [0.25, 0.3) is 0 Å². The van der Waals surface area contributed by atoms with Gasteiger partial charge in [-0.25, -0.2) is 4.79 Å². The van der Waals surface area contributed by atoms with Crippen molar-refractivity contribution in [2.75, 3.05) is 26.8 Å². The number of hydrogen-bond donors (Lipinski definition) is 4. The van der Waals surface area contributed by atoms with Gasteiger partial charge in [0.2, 0.25) is 0 Å². The van der Waals surface area contributed by atoms with E-state index < -0.39 is 52.5 Å². The van der Waals surface area contributed by atoms with Gasteiger partial charge in [-0.2, -0.15) is 0 Å². The van der Waals surface area contributed by atoms with Crippen LogP contribution in [-0.2, 0) is 9.47 Å². The first-order chi connectivity index (χ1) is 17.8. The van der Waals surface area contributed by atoms with Crippen molar-refractivity contribution in [3.63, 3.8) is 0 Å². The van der Waals surface area contributed by atoms with Gasteiger partial charge in [-0.3, -0.25) is 4.90 Å². The summed E-state index contributed by atoms with van der Waals surface area (Å²) in [5.41, 5.74) is -2.05. The fourth-order valence-corrected chi connectivity index (χ4v) is 11.1. The molecule has 0 amide bonds. The zero-order valence-corrected chi connectivity index (χ0v) is 21.6. The Morgan fingerprint density at radius 3 is 2.62 bits per heavy atom. The number of rotatable bonds is 5. The highest BCUT2D eigenvalue weighted by Crippen LogP contribution is 2.78. The summed E-state index contributed by atoms with van der Waals surface area (Å²) in [4.78, 5) is 15.6. The SMILES string of the molecule is CCN1C[C@]2(CO)CCC(O)[C@]34C1C(C(O)[C@H]23)[C@@]1(O)CC(OC)[C@H]2C[C@@H]4[C@@H]1C2OC(=O)c1ccccc1. The Bertz CT molecular complexity index is 1090. The van der Waals surface area contributed by atoms with Crippen LogP contribution in [0.15, 0.2) is 30.3 Å². The van der Waals surface area contributed by atoms with Crippen molar-refractivity contribution in [3.05, 3.63) is 35.9 Å². The largest absolute Gasteiger partial charge is 0.458 e. The van der Waals surface area contributed by atoms with Gasteiger partial charge in [-0.15, -0.1) is 0 Å². The van der Waals surface area contributed by atoms with Gasteiger partial charge in [0.1, 0.15) is 6.10 Å². The number of methoxy groups -OCH3 is 1. The molecule has 37 heavy (non-hydrogen) atoms. The molecule has 6 unspecified atom stereocenters. The topological polar surface area (TPSA) is 120 Å². The predicted octanol–water partition coefficient (Wildman–Crippen LogP) is 1.06. The van der Waals surface area contributed by atoms with Gasteiger partial charge in [0.15, 0.2) is 0 Å². The van der Waals surface area contributed by atoms with Gasteiger partial charge in [0, 0.05) is 60.6 Å². The lowest BCUT2D eigenvalue weighted by atomic mass is 9.43. The first-order valence-corrected chi connectivity index (χ1v) is 14.0. The highest BCUT2D eigenvalue weighted by molar-refractivity contribution is 5.89. The number of piperidine rings is 1. The van der Waals surface area contributed by atoms with Crippen LogP contribution in [0.2, 0.25) is 0 Å². The Balaban J connectivity index is 1.39. The predicted molar refractivity (Wildman–Crippen MR) is 132 cm³/mol. The van der Waals surface area contributed by atoms with Crippen LogP contribution >= 0.6 is 0 Å². The minimum Gasteiger partial charge on any atom is -0.458 e. The van der Waals surface area contributed by atoms with Gasteiger partial charge < -0.3 is 29.9 Å². The molecule has 1 saturated heterocycles. The van der Waals surface area contributed by atoms with E-state index in [0.29, 0.717) is 44.3 Å². The lowest BCUT2D eigenvalue weighted by Gasteiger charge is -2.68. The van der Waals surface area contributed by atoms with Crippen LogP contribution in [0.1, 0.15) is 43.0 Å². The average Bonchev–Trinajstić information content (AvgIpc) is 3.33. The van der Waals surface area contributed by atoms with Crippen molar-refractivity contribution in [2.24, 2.45) is 40.4 Å². The number of carbonyl (C=O) groups is 1. The van der Waals surface area contributed by atoms with Crippen LogP contribution in [0.5, 0.6) is 0 Å². The number of aliphatic hydroxyl groups excluding tert-OH is 3. The van der Waals surface area contributed by atoms with Crippen LogP contribution in [0.3, 0.4) is 0 Å². The quantitative estimate of drug-likeness (QED) is 0.432. The van der Waals surface area contributed by atoms with Gasteiger partial charge in [0.05, 0.1) is 36.1 Å². The lowest BCUT2D eigenvalue weighted by Crippen LogP contribution is -2.76. The summed E-state index contributed by atoms with van der Waals surface area (Å²) in [6.45, 7) is 3.41. The van der Waals surface area contributed by atoms with Gasteiger partial charge in [-0.05, 0) is 43.9 Å². The fraction of sp³-hybridized carbons (Fsp3) is 0.759. The van der Waals surface area contributed by atoms with Crippen molar-refractivity contribution in [1.82, 2.24) is 4.90 Å². The van der Waals surface area contributed by atoms with E-state index >= 15 is 0 Å². The molecule has 5 aliphatic carbocycles. The molecule has 0 radical (unpaired) electrons. The van der Waals surface area contributed by atoms with Crippen LogP contribution in [0, 0.1) is 40.4 Å². The maximum atomic E-state index is 13.3. The number of carbonyl (C=O) groups excluding carboxylic acids is 1. The zero-order chi connectivity index (χ0) is 25.9. The highest BCUT2D eigenvalue weighted by atomic mass is 16.6. The number of hydrogen-bond acceptors (Lipinski definition) is 8. The molecule has 1 aromatic carbocycles. The number of fused-ring (bicyclic) bond motifs is 2. The van der Waals surface area contributed by atoms with E-state index in [2.05, 4.69) is 11.8 Å². The summed E-state index contributed by atoms with van der Waals surface area (Å²) in [6, 6.07) is 8.71. The number of ether oxygens (including phenoxy) is 2. The maximum Gasteiger partial charge on any atom is 0.338 e. The van der Waals surface area contributed by atoms with E-state index in [0.717, 1.165) is 0 Å². The third kappa shape index (κ3) is 2.72. The summed E-state index contributed by atoms with van der Waals surface area (Å²) in [7, 11) is 1.64. The fourth-order valence-electron chi connectivity index (χ4n) is 11.1. The monoisotopic (exact) mass is 513 g/mol. The Hall–Kier alpha value is -1.55. The molecule has 6 aliphatic rings. The molecule has 7 bridgehead atoms. The van der Waals surface area contributed by atoms with Crippen LogP contribution < -0.4 is 0 Å². The summed E-state index contributed by atoms with van der Waals surface area (Å²) in [6.07, 6.45) is -0.164. The normalized spacial score (nSPS) is 53.2. The minimum absolute atomic E-state index is 0.0501. The molecule has 202 valence electrons. The minimum atomic E-state index is -1.31. The Kier molecular flexibility index (Phi) is 5.29. The Morgan fingerprint density at radius 2 is 1.95 bits per heavy atom. The van der Waals surface area contributed by atoms with E-state index in [4.69, 9.17) is 9.47 Å². The van der Waals surface area contributed by atoms with E-state index in [1.807, 2.05) is 6.07 Å². The zero-order valence-electron chi connectivity index (χ0n) is 21.6. The summed E-state index contributed by atoms with van der Waals surface area (Å²) in [5.74, 6) is -1.91. The number of likely N-dealkylation sites (tertiary alicyclic amines) is 1. The molecule has 5 saturated carbocycles. The van der Waals surface area contributed by atoms with Crippen molar-refractivity contribution < 1.29 is 34.7 Å². The number of esters is 1. The van der Waals surface area contributed by atoms with Crippen molar-refractivity contribution in [1.29, 1.82) is 0 Å². The summed E-state index contributed by atoms with van der Waals surface area (Å²) < 4.78 is 12.2. The molecule has 6 fully saturated rings. The Morgan fingerprint density at radius 1 is 1.19 bits per heavy atom. The van der Waals surface area contributed by atoms with Crippen molar-refractivity contribution >= 4 is 5.97 Å². The molecule has 8 nitrogen and oxygen atoms in total. The lowest BCUT2D eigenvalue weighted by molar-refractivity contribution is -0.271. The molecule has 8 heteroatoms. The van der Waals surface area contributed by atoms with E-state index in [-0.39, 0.29) is 36.5 Å². The number of aliphatic hydroxyl groups is 4. The molecular formula is C29H39NO7. The number of nitrogens with zero attached hydrogens (tertiary/aromatic N) is 1. The molecule has 1 spiro atoms. The maximum absolute atomic E-state index is 13.3. The number of benzene rings is 1. The molecule has 1 aliphatic heterocycles. The second-order valence-electron chi connectivity index (χ2n) is 12.8. The average molecular weight is 514 g/mol. The highest BCUT2D eigenvalue weighted by Gasteiger charge is 2.86. The third-order valence-electron chi connectivity index (χ3n) is 12.0. The van der Waals surface area contributed by atoms with Gasteiger partial charge >= 0.3 is 5.97 Å². The molecule has 4 N–H and O–H groups in total. The molecular weight excluding hydrogens is 474 g/mol. The van der Waals surface area contributed by atoms with E-state index in [1.165, 1.54) is 0 Å².